The number of rotatable bonds is 10. The van der Waals surface area contributed by atoms with Crippen LogP contribution >= 0.6 is 11.6 Å². The van der Waals surface area contributed by atoms with Crippen LogP contribution in [0.5, 0.6) is 11.5 Å². The van der Waals surface area contributed by atoms with Crippen LogP contribution in [0.15, 0.2) is 54.6 Å². The van der Waals surface area contributed by atoms with E-state index in [2.05, 4.69) is 16.0 Å². The maximum absolute atomic E-state index is 12.4. The SMILES string of the molecule is CC(C)(C)OC(=O)NC(CCC(=O)Nc1ccc(Oc2ccccc2)cc1)C(=O)NCCCl. The number of amides is 3. The molecule has 0 heterocycles. The zero-order valence-electron chi connectivity index (χ0n) is 19.0. The molecule has 0 aliphatic heterocycles. The summed E-state index contributed by atoms with van der Waals surface area (Å²) < 4.78 is 10.9. The van der Waals surface area contributed by atoms with Crippen LogP contribution in [0.2, 0.25) is 0 Å². The van der Waals surface area contributed by atoms with E-state index in [4.69, 9.17) is 21.1 Å². The van der Waals surface area contributed by atoms with E-state index in [1.807, 2.05) is 30.3 Å². The van der Waals surface area contributed by atoms with Crippen molar-refractivity contribution in [2.45, 2.75) is 45.3 Å². The number of halogens is 1. The summed E-state index contributed by atoms with van der Waals surface area (Å²) >= 11 is 5.62. The number of ether oxygens (including phenoxy) is 2. The van der Waals surface area contributed by atoms with Gasteiger partial charge in [0.25, 0.3) is 0 Å². The zero-order chi connectivity index (χ0) is 24.3. The fraction of sp³-hybridized carbons (Fsp3) is 0.375. The highest BCUT2D eigenvalue weighted by Gasteiger charge is 2.24. The van der Waals surface area contributed by atoms with Crippen LogP contribution in [0.3, 0.4) is 0 Å². The van der Waals surface area contributed by atoms with Gasteiger partial charge in [-0.15, -0.1) is 11.6 Å². The number of anilines is 1. The van der Waals surface area contributed by atoms with Crippen LogP contribution in [0.25, 0.3) is 0 Å². The highest BCUT2D eigenvalue weighted by atomic mass is 35.5. The average molecular weight is 476 g/mol. The molecule has 0 aliphatic rings. The number of alkyl carbamates (subject to hydrolysis) is 1. The Labute approximate surface area is 199 Å². The molecule has 0 spiro atoms. The Morgan fingerprint density at radius 1 is 0.970 bits per heavy atom. The fourth-order valence-corrected chi connectivity index (χ4v) is 2.84. The molecular formula is C24H30ClN3O5. The first-order valence-corrected chi connectivity index (χ1v) is 11.2. The molecule has 2 rings (SSSR count). The van der Waals surface area contributed by atoms with Gasteiger partial charge >= 0.3 is 6.09 Å². The number of para-hydroxylation sites is 1. The number of alkyl halides is 1. The van der Waals surface area contributed by atoms with E-state index in [0.29, 0.717) is 17.2 Å². The van der Waals surface area contributed by atoms with Gasteiger partial charge in [-0.25, -0.2) is 4.79 Å². The molecule has 8 nitrogen and oxygen atoms in total. The number of carbonyl (C=O) groups excluding carboxylic acids is 3. The quantitative estimate of drug-likeness (QED) is 0.440. The van der Waals surface area contributed by atoms with Crippen LogP contribution in [0.1, 0.15) is 33.6 Å². The van der Waals surface area contributed by atoms with Gasteiger partial charge in [0.15, 0.2) is 0 Å². The summed E-state index contributed by atoms with van der Waals surface area (Å²) in [6.45, 7) is 5.41. The van der Waals surface area contributed by atoms with Crippen LogP contribution in [-0.2, 0) is 14.3 Å². The monoisotopic (exact) mass is 475 g/mol. The molecule has 0 aromatic heterocycles. The van der Waals surface area contributed by atoms with Gasteiger partial charge < -0.3 is 25.4 Å². The van der Waals surface area contributed by atoms with Crippen LogP contribution in [0, 0.1) is 0 Å². The third-order valence-corrected chi connectivity index (χ3v) is 4.37. The summed E-state index contributed by atoms with van der Waals surface area (Å²) in [6.07, 6.45) is -0.631. The van der Waals surface area contributed by atoms with Crippen molar-refractivity contribution in [2.75, 3.05) is 17.7 Å². The van der Waals surface area contributed by atoms with E-state index < -0.39 is 23.6 Å². The molecule has 0 aliphatic carbocycles. The molecule has 3 N–H and O–H groups in total. The minimum atomic E-state index is -0.935. The average Bonchev–Trinajstić information content (AvgIpc) is 2.75. The van der Waals surface area contributed by atoms with Crippen molar-refractivity contribution >= 4 is 35.2 Å². The Balaban J connectivity index is 1.89. The molecule has 2 aromatic carbocycles. The second kappa shape index (κ2) is 12.7. The molecule has 0 saturated carbocycles. The predicted octanol–water partition coefficient (Wildman–Crippen LogP) is 4.45. The summed E-state index contributed by atoms with van der Waals surface area (Å²) in [4.78, 5) is 36.9. The van der Waals surface area contributed by atoms with Gasteiger partial charge in [0, 0.05) is 24.5 Å². The lowest BCUT2D eigenvalue weighted by Gasteiger charge is -2.23. The van der Waals surface area contributed by atoms with Crippen molar-refractivity contribution in [2.24, 2.45) is 0 Å². The Morgan fingerprint density at radius 3 is 2.21 bits per heavy atom. The summed E-state index contributed by atoms with van der Waals surface area (Å²) in [5.41, 5.74) is -0.127. The first kappa shape index (κ1) is 26.0. The highest BCUT2D eigenvalue weighted by Crippen LogP contribution is 2.22. The minimum absolute atomic E-state index is 0.0109. The predicted molar refractivity (Wildman–Crippen MR) is 128 cm³/mol. The van der Waals surface area contributed by atoms with E-state index in [0.717, 1.165) is 0 Å². The van der Waals surface area contributed by atoms with E-state index in [1.165, 1.54) is 0 Å². The molecule has 1 atom stereocenters. The first-order valence-electron chi connectivity index (χ1n) is 10.6. The largest absolute Gasteiger partial charge is 0.457 e. The van der Waals surface area contributed by atoms with Crippen molar-refractivity contribution < 1.29 is 23.9 Å². The van der Waals surface area contributed by atoms with Gasteiger partial charge in [-0.2, -0.15) is 0 Å². The number of hydrogen-bond acceptors (Lipinski definition) is 5. The second-order valence-electron chi connectivity index (χ2n) is 8.21. The summed E-state index contributed by atoms with van der Waals surface area (Å²) in [6, 6.07) is 15.4. The Bertz CT molecular complexity index is 914. The lowest BCUT2D eigenvalue weighted by atomic mass is 10.1. The smallest absolute Gasteiger partial charge is 0.408 e. The maximum Gasteiger partial charge on any atom is 0.408 e. The summed E-state index contributed by atoms with van der Waals surface area (Å²) in [7, 11) is 0. The molecular weight excluding hydrogens is 446 g/mol. The van der Waals surface area contributed by atoms with E-state index in [1.54, 1.807) is 45.0 Å². The lowest BCUT2D eigenvalue weighted by molar-refractivity contribution is -0.123. The molecule has 3 amide bonds. The Kier molecular flexibility index (Phi) is 10.00. The minimum Gasteiger partial charge on any atom is -0.457 e. The molecule has 0 fully saturated rings. The van der Waals surface area contributed by atoms with Crippen LogP contribution in [0.4, 0.5) is 10.5 Å². The van der Waals surface area contributed by atoms with Crippen molar-refractivity contribution in [1.82, 2.24) is 10.6 Å². The van der Waals surface area contributed by atoms with Gasteiger partial charge in [-0.1, -0.05) is 18.2 Å². The number of hydrogen-bond donors (Lipinski definition) is 3. The zero-order valence-corrected chi connectivity index (χ0v) is 19.8. The normalized spacial score (nSPS) is 11.8. The van der Waals surface area contributed by atoms with Crippen molar-refractivity contribution in [3.05, 3.63) is 54.6 Å². The van der Waals surface area contributed by atoms with Gasteiger partial charge in [-0.3, -0.25) is 9.59 Å². The van der Waals surface area contributed by atoms with Crippen LogP contribution < -0.4 is 20.7 Å². The third-order valence-electron chi connectivity index (χ3n) is 4.18. The molecule has 33 heavy (non-hydrogen) atoms. The van der Waals surface area contributed by atoms with Crippen molar-refractivity contribution in [3.63, 3.8) is 0 Å². The fourth-order valence-electron chi connectivity index (χ4n) is 2.74. The van der Waals surface area contributed by atoms with Crippen molar-refractivity contribution in [1.29, 1.82) is 0 Å². The topological polar surface area (TPSA) is 106 Å². The lowest BCUT2D eigenvalue weighted by Crippen LogP contribution is -2.48. The molecule has 0 saturated heterocycles. The standard InChI is InChI=1S/C24H30ClN3O5/c1-24(2,3)33-23(31)28-20(22(30)26-16-15-25)13-14-21(29)27-17-9-11-19(12-10-17)32-18-7-5-4-6-8-18/h4-12,20H,13-16H2,1-3H3,(H,26,30)(H,27,29)(H,28,31). The molecule has 1 unspecified atom stereocenters. The van der Waals surface area contributed by atoms with Crippen LogP contribution in [-0.4, -0.2) is 42.0 Å². The second-order valence-corrected chi connectivity index (χ2v) is 8.58. The number of carbonyl (C=O) groups is 3. The van der Waals surface area contributed by atoms with Gasteiger partial charge in [0.1, 0.15) is 23.1 Å². The van der Waals surface area contributed by atoms with Gasteiger partial charge in [-0.05, 0) is 63.6 Å². The Morgan fingerprint density at radius 2 is 1.61 bits per heavy atom. The number of benzene rings is 2. The molecule has 2 aromatic rings. The Hall–Kier alpha value is -3.26. The summed E-state index contributed by atoms with van der Waals surface area (Å²) in [5, 5.41) is 7.90. The summed E-state index contributed by atoms with van der Waals surface area (Å²) in [5.74, 6) is 0.849. The maximum atomic E-state index is 12.4. The number of nitrogens with one attached hydrogen (secondary N) is 3. The van der Waals surface area contributed by atoms with E-state index in [9.17, 15) is 14.4 Å². The van der Waals surface area contributed by atoms with E-state index in [-0.39, 0.29) is 31.2 Å². The third kappa shape index (κ3) is 10.3. The highest BCUT2D eigenvalue weighted by molar-refractivity contribution is 6.18. The molecule has 0 bridgehead atoms. The molecule has 9 heteroatoms. The van der Waals surface area contributed by atoms with Crippen molar-refractivity contribution in [3.8, 4) is 11.5 Å². The molecule has 178 valence electrons. The van der Waals surface area contributed by atoms with Gasteiger partial charge in [0.05, 0.1) is 0 Å². The van der Waals surface area contributed by atoms with Gasteiger partial charge in [0.2, 0.25) is 11.8 Å². The first-order chi connectivity index (χ1) is 15.7. The molecule has 0 radical (unpaired) electrons. The van der Waals surface area contributed by atoms with E-state index >= 15 is 0 Å².